The number of fused-ring (bicyclic) bond motifs is 1. The number of rotatable bonds is 7. The quantitative estimate of drug-likeness (QED) is 0.407. The molecule has 0 radical (unpaired) electrons. The molecule has 0 spiro atoms. The summed E-state index contributed by atoms with van der Waals surface area (Å²) in [5.41, 5.74) is 2.32. The van der Waals surface area contributed by atoms with Crippen LogP contribution in [0, 0.1) is 5.92 Å². The van der Waals surface area contributed by atoms with Gasteiger partial charge in [-0.05, 0) is 48.4 Å². The highest BCUT2D eigenvalue weighted by Crippen LogP contribution is 2.34. The van der Waals surface area contributed by atoms with Crippen molar-refractivity contribution in [3.8, 4) is 0 Å². The summed E-state index contributed by atoms with van der Waals surface area (Å²) in [5.74, 6) is -0.692. The van der Waals surface area contributed by atoms with Gasteiger partial charge in [0.05, 0.1) is 25.5 Å². The fourth-order valence-corrected chi connectivity index (χ4v) is 6.20. The molecule has 0 saturated carbocycles. The van der Waals surface area contributed by atoms with Gasteiger partial charge in [-0.2, -0.15) is 0 Å². The molecular formula is C33H40N6O6. The zero-order valence-electron chi connectivity index (χ0n) is 25.8. The summed E-state index contributed by atoms with van der Waals surface area (Å²) in [5, 5.41) is 3.16. The Balaban J connectivity index is 1.19. The second-order valence-electron chi connectivity index (χ2n) is 12.8. The number of benzene rings is 1. The summed E-state index contributed by atoms with van der Waals surface area (Å²) in [6.07, 6.45) is 7.13. The topological polar surface area (TPSA) is 139 Å². The van der Waals surface area contributed by atoms with Crippen LogP contribution in [0.5, 0.6) is 0 Å². The predicted octanol–water partition coefficient (Wildman–Crippen LogP) is 3.97. The predicted molar refractivity (Wildman–Crippen MR) is 164 cm³/mol. The van der Waals surface area contributed by atoms with Crippen molar-refractivity contribution in [3.05, 3.63) is 78.1 Å². The molecule has 6 rings (SSSR count). The highest BCUT2D eigenvalue weighted by atomic mass is 16.7. The minimum absolute atomic E-state index is 0.0759. The summed E-state index contributed by atoms with van der Waals surface area (Å²) in [7, 11) is 0. The molecule has 12 nitrogen and oxygen atoms in total. The molecule has 5 heterocycles. The molecule has 2 aromatic heterocycles. The molecule has 12 heteroatoms. The average molecular weight is 617 g/mol. The van der Waals surface area contributed by atoms with E-state index >= 15 is 0 Å². The van der Waals surface area contributed by atoms with Crippen LogP contribution in [0.2, 0.25) is 0 Å². The van der Waals surface area contributed by atoms with E-state index in [-0.39, 0.29) is 47.5 Å². The molecule has 3 aliphatic heterocycles. The van der Waals surface area contributed by atoms with Crippen LogP contribution >= 0.6 is 0 Å². The maximum Gasteiger partial charge on any atom is 0.410 e. The maximum absolute atomic E-state index is 14.2. The Morgan fingerprint density at radius 2 is 1.87 bits per heavy atom. The second-order valence-corrected chi connectivity index (χ2v) is 12.8. The summed E-state index contributed by atoms with van der Waals surface area (Å²) in [6.45, 7) is 8.18. The molecule has 3 fully saturated rings. The zero-order chi connectivity index (χ0) is 31.6. The van der Waals surface area contributed by atoms with Crippen LogP contribution in [-0.4, -0.2) is 82.5 Å². The number of pyridine rings is 1. The lowest BCUT2D eigenvalue weighted by Gasteiger charge is -2.35. The number of nitrogens with zero attached hydrogens (tertiary/aromatic N) is 4. The van der Waals surface area contributed by atoms with Gasteiger partial charge in [0.25, 0.3) is 5.91 Å². The van der Waals surface area contributed by atoms with Crippen LogP contribution in [-0.2, 0) is 24.4 Å². The largest absolute Gasteiger partial charge is 0.443 e. The first-order valence-corrected chi connectivity index (χ1v) is 15.5. The first-order chi connectivity index (χ1) is 21.7. The van der Waals surface area contributed by atoms with Gasteiger partial charge in [-0.25, -0.2) is 9.78 Å². The SMILES string of the molecule is CC(C)(C)c1ccc(N(C(=O)c2c[nH]cn2)C(C(=O)NC2CCN(C(=O)OC3COC4OCCC34)CC2)c2cccnc2)cc1. The van der Waals surface area contributed by atoms with Crippen LogP contribution in [0.3, 0.4) is 0 Å². The van der Waals surface area contributed by atoms with E-state index in [2.05, 4.69) is 41.0 Å². The number of imidazole rings is 1. The first kappa shape index (κ1) is 30.7. The van der Waals surface area contributed by atoms with Crippen molar-refractivity contribution in [2.45, 2.75) is 69.9 Å². The molecule has 1 aromatic carbocycles. The second kappa shape index (κ2) is 13.0. The number of amides is 3. The lowest BCUT2D eigenvalue weighted by Crippen LogP contribution is -2.51. The van der Waals surface area contributed by atoms with E-state index in [1.54, 1.807) is 29.4 Å². The fourth-order valence-electron chi connectivity index (χ4n) is 6.20. The number of anilines is 1. The maximum atomic E-state index is 14.2. The van der Waals surface area contributed by atoms with Crippen LogP contribution in [0.25, 0.3) is 0 Å². The molecule has 238 valence electrons. The molecule has 4 unspecified atom stereocenters. The van der Waals surface area contributed by atoms with Gasteiger partial charge >= 0.3 is 6.09 Å². The highest BCUT2D eigenvalue weighted by molar-refractivity contribution is 6.09. The lowest BCUT2D eigenvalue weighted by atomic mass is 9.87. The molecular weight excluding hydrogens is 576 g/mol. The minimum Gasteiger partial charge on any atom is -0.443 e. The van der Waals surface area contributed by atoms with Crippen molar-refractivity contribution in [2.24, 2.45) is 5.92 Å². The molecule has 3 aromatic rings. The Bertz CT molecular complexity index is 1470. The number of ether oxygens (including phenoxy) is 3. The Kier molecular flexibility index (Phi) is 8.86. The first-order valence-electron chi connectivity index (χ1n) is 15.5. The number of piperidine rings is 1. The highest BCUT2D eigenvalue weighted by Gasteiger charge is 2.44. The smallest absolute Gasteiger partial charge is 0.410 e. The summed E-state index contributed by atoms with van der Waals surface area (Å²) in [6, 6.07) is 9.99. The number of nitrogens with one attached hydrogen (secondary N) is 2. The van der Waals surface area contributed by atoms with Crippen LogP contribution in [0.15, 0.2) is 61.3 Å². The van der Waals surface area contributed by atoms with Crippen LogP contribution < -0.4 is 10.2 Å². The number of aromatic nitrogens is 3. The Morgan fingerprint density at radius 3 is 2.53 bits per heavy atom. The number of hydrogen-bond acceptors (Lipinski definition) is 8. The van der Waals surface area contributed by atoms with E-state index in [0.29, 0.717) is 50.4 Å². The third kappa shape index (κ3) is 6.71. The minimum atomic E-state index is -1.02. The Morgan fingerprint density at radius 1 is 1.09 bits per heavy atom. The van der Waals surface area contributed by atoms with Crippen molar-refractivity contribution < 1.29 is 28.6 Å². The zero-order valence-corrected chi connectivity index (χ0v) is 25.8. The number of aromatic amines is 1. The van der Waals surface area contributed by atoms with Gasteiger partial charge in [0.2, 0.25) is 5.91 Å². The lowest BCUT2D eigenvalue weighted by molar-refractivity contribution is -0.123. The molecule has 45 heavy (non-hydrogen) atoms. The van der Waals surface area contributed by atoms with E-state index in [9.17, 15) is 14.4 Å². The number of likely N-dealkylation sites (tertiary alicyclic amines) is 1. The standard InChI is InChI=1S/C33H40N6O6/c1-33(2,3)22-6-8-24(9-7-22)39(30(41)26-18-35-20-36-26)28(21-5-4-13-34-17-21)29(40)37-23-10-14-38(15-11-23)32(42)45-27-19-44-31-25(27)12-16-43-31/h4-9,13,17-18,20,23,25,27-28,31H,10-12,14-16,19H2,1-3H3,(H,35,36)(H,37,40). The van der Waals surface area contributed by atoms with Crippen molar-refractivity contribution in [2.75, 3.05) is 31.2 Å². The number of carbonyl (C=O) groups excluding carboxylic acids is 3. The van der Waals surface area contributed by atoms with E-state index in [0.717, 1.165) is 12.0 Å². The van der Waals surface area contributed by atoms with Crippen molar-refractivity contribution >= 4 is 23.6 Å². The van der Waals surface area contributed by atoms with Gasteiger partial charge in [-0.1, -0.05) is 39.0 Å². The summed E-state index contributed by atoms with van der Waals surface area (Å²) >= 11 is 0. The molecule has 3 saturated heterocycles. The Hall–Kier alpha value is -4.29. The number of hydrogen-bond donors (Lipinski definition) is 2. The molecule has 0 bridgehead atoms. The van der Waals surface area contributed by atoms with Crippen molar-refractivity contribution in [1.82, 2.24) is 25.2 Å². The summed E-state index contributed by atoms with van der Waals surface area (Å²) in [4.78, 5) is 55.6. The average Bonchev–Trinajstić information content (AvgIpc) is 3.81. The van der Waals surface area contributed by atoms with E-state index in [1.807, 2.05) is 24.3 Å². The van der Waals surface area contributed by atoms with E-state index in [1.165, 1.54) is 17.4 Å². The molecule has 3 amide bonds. The van der Waals surface area contributed by atoms with Gasteiger partial charge in [0.15, 0.2) is 6.29 Å². The fraction of sp³-hybridized carbons (Fsp3) is 0.485. The third-order valence-electron chi connectivity index (χ3n) is 8.79. The summed E-state index contributed by atoms with van der Waals surface area (Å²) < 4.78 is 16.9. The monoisotopic (exact) mass is 616 g/mol. The van der Waals surface area contributed by atoms with Crippen LogP contribution in [0.4, 0.5) is 10.5 Å². The number of carbonyl (C=O) groups is 3. The van der Waals surface area contributed by atoms with Gasteiger partial charge in [-0.15, -0.1) is 0 Å². The van der Waals surface area contributed by atoms with E-state index in [4.69, 9.17) is 14.2 Å². The van der Waals surface area contributed by atoms with E-state index < -0.39 is 11.9 Å². The van der Waals surface area contributed by atoms with Crippen LogP contribution in [0.1, 0.15) is 67.7 Å². The van der Waals surface area contributed by atoms with Crippen molar-refractivity contribution in [3.63, 3.8) is 0 Å². The molecule has 3 aliphatic rings. The molecule has 2 N–H and O–H groups in total. The third-order valence-corrected chi connectivity index (χ3v) is 8.79. The Labute approximate surface area is 262 Å². The molecule has 0 aliphatic carbocycles. The van der Waals surface area contributed by atoms with Gasteiger partial charge in [0.1, 0.15) is 17.8 Å². The van der Waals surface area contributed by atoms with Gasteiger partial charge in [-0.3, -0.25) is 19.5 Å². The van der Waals surface area contributed by atoms with Gasteiger partial charge < -0.3 is 29.4 Å². The van der Waals surface area contributed by atoms with Gasteiger partial charge in [0, 0.05) is 49.0 Å². The normalized spacial score (nSPS) is 22.5. The van der Waals surface area contributed by atoms with Crippen molar-refractivity contribution in [1.29, 1.82) is 0 Å². The number of H-pyrrole nitrogens is 1. The molecule has 4 atom stereocenters.